The molecule has 0 unspecified atom stereocenters. The smallest absolute Gasteiger partial charge is 0.343 e. The summed E-state index contributed by atoms with van der Waals surface area (Å²) in [6, 6.07) is 17.6. The average Bonchev–Trinajstić information content (AvgIpc) is 2.68. The van der Waals surface area contributed by atoms with E-state index in [1.807, 2.05) is 6.92 Å². The molecule has 28 heavy (non-hydrogen) atoms. The number of phenolic OH excluding ortho intramolecular Hbond substituents is 2. The monoisotopic (exact) mass is 377 g/mol. The van der Waals surface area contributed by atoms with Crippen LogP contribution in [0.4, 0.5) is 5.69 Å². The number of aromatic hydroxyl groups is 2. The van der Waals surface area contributed by atoms with Crippen molar-refractivity contribution in [3.05, 3.63) is 77.9 Å². The number of ether oxygens (including phenoxy) is 2. The third kappa shape index (κ3) is 4.88. The number of esters is 1. The summed E-state index contributed by atoms with van der Waals surface area (Å²) in [7, 11) is 0. The van der Waals surface area contributed by atoms with Crippen molar-refractivity contribution < 1.29 is 24.5 Å². The highest BCUT2D eigenvalue weighted by Crippen LogP contribution is 2.25. The highest BCUT2D eigenvalue weighted by Gasteiger charge is 2.10. The minimum absolute atomic E-state index is 0.0825. The zero-order valence-corrected chi connectivity index (χ0v) is 15.2. The van der Waals surface area contributed by atoms with Crippen LogP contribution in [0.5, 0.6) is 23.0 Å². The summed E-state index contributed by atoms with van der Waals surface area (Å²) in [5.74, 6) is 0.373. The minimum atomic E-state index is -0.538. The van der Waals surface area contributed by atoms with E-state index >= 15 is 0 Å². The van der Waals surface area contributed by atoms with Crippen LogP contribution in [0, 0.1) is 0 Å². The highest BCUT2D eigenvalue weighted by atomic mass is 16.5. The topological polar surface area (TPSA) is 88.4 Å². The van der Waals surface area contributed by atoms with Gasteiger partial charge in [-0.25, -0.2) is 4.79 Å². The van der Waals surface area contributed by atoms with E-state index < -0.39 is 5.97 Å². The number of hydrogen-bond acceptors (Lipinski definition) is 6. The maximum absolute atomic E-state index is 12.2. The molecule has 0 amide bonds. The highest BCUT2D eigenvalue weighted by molar-refractivity contribution is 5.91. The van der Waals surface area contributed by atoms with Gasteiger partial charge in [-0.1, -0.05) is 6.07 Å². The van der Waals surface area contributed by atoms with E-state index in [0.717, 1.165) is 0 Å². The van der Waals surface area contributed by atoms with Crippen LogP contribution in [0.25, 0.3) is 0 Å². The number of rotatable bonds is 6. The Morgan fingerprint density at radius 1 is 1.00 bits per heavy atom. The van der Waals surface area contributed by atoms with Crippen molar-refractivity contribution in [2.75, 3.05) is 6.61 Å². The van der Waals surface area contributed by atoms with Crippen LogP contribution in [-0.4, -0.2) is 29.0 Å². The first-order valence-corrected chi connectivity index (χ1v) is 8.66. The van der Waals surface area contributed by atoms with Gasteiger partial charge in [-0.15, -0.1) is 0 Å². The first-order chi connectivity index (χ1) is 13.5. The average molecular weight is 377 g/mol. The summed E-state index contributed by atoms with van der Waals surface area (Å²) >= 11 is 0. The third-order valence-electron chi connectivity index (χ3n) is 3.80. The predicted octanol–water partition coefficient (Wildman–Crippen LogP) is 4.47. The molecule has 3 aromatic carbocycles. The van der Waals surface area contributed by atoms with Gasteiger partial charge in [0.2, 0.25) is 0 Å². The van der Waals surface area contributed by atoms with E-state index in [-0.39, 0.29) is 17.2 Å². The summed E-state index contributed by atoms with van der Waals surface area (Å²) < 4.78 is 10.6. The number of benzene rings is 3. The van der Waals surface area contributed by atoms with E-state index in [2.05, 4.69) is 4.99 Å². The maximum atomic E-state index is 12.2. The SMILES string of the molecule is CCOc1ccc(C(=O)Oc2ccc(C=Nc3cccc(O)c3)c(O)c2)cc1. The minimum Gasteiger partial charge on any atom is -0.508 e. The fraction of sp³-hybridized carbons (Fsp3) is 0.0909. The summed E-state index contributed by atoms with van der Waals surface area (Å²) in [5.41, 5.74) is 1.37. The number of carbonyl (C=O) groups is 1. The van der Waals surface area contributed by atoms with Gasteiger partial charge < -0.3 is 19.7 Å². The molecule has 6 nitrogen and oxygen atoms in total. The van der Waals surface area contributed by atoms with Gasteiger partial charge in [-0.3, -0.25) is 4.99 Å². The molecule has 3 aromatic rings. The number of carbonyl (C=O) groups excluding carboxylic acids is 1. The van der Waals surface area contributed by atoms with Gasteiger partial charge in [0.05, 0.1) is 17.9 Å². The zero-order valence-electron chi connectivity index (χ0n) is 15.2. The Bertz CT molecular complexity index is 996. The molecule has 6 heteroatoms. The summed E-state index contributed by atoms with van der Waals surface area (Å²) in [6.45, 7) is 2.43. The van der Waals surface area contributed by atoms with Gasteiger partial charge in [0, 0.05) is 23.9 Å². The number of hydrogen-bond donors (Lipinski definition) is 2. The molecule has 0 aromatic heterocycles. The first-order valence-electron chi connectivity index (χ1n) is 8.66. The Morgan fingerprint density at radius 3 is 2.43 bits per heavy atom. The van der Waals surface area contributed by atoms with Gasteiger partial charge in [0.25, 0.3) is 0 Å². The van der Waals surface area contributed by atoms with Crippen molar-refractivity contribution in [2.24, 2.45) is 4.99 Å². The Balaban J connectivity index is 1.68. The zero-order chi connectivity index (χ0) is 19.9. The van der Waals surface area contributed by atoms with Gasteiger partial charge >= 0.3 is 5.97 Å². The van der Waals surface area contributed by atoms with Crippen LogP contribution in [0.3, 0.4) is 0 Å². The Morgan fingerprint density at radius 2 is 1.75 bits per heavy atom. The quantitative estimate of drug-likeness (QED) is 0.376. The lowest BCUT2D eigenvalue weighted by atomic mass is 10.2. The van der Waals surface area contributed by atoms with Gasteiger partial charge in [0.15, 0.2) is 0 Å². The van der Waals surface area contributed by atoms with Crippen molar-refractivity contribution in [3.8, 4) is 23.0 Å². The van der Waals surface area contributed by atoms with Crippen LogP contribution >= 0.6 is 0 Å². The first kappa shape index (κ1) is 19.0. The Hall–Kier alpha value is -3.80. The van der Waals surface area contributed by atoms with Crippen LogP contribution in [0.2, 0.25) is 0 Å². The number of aliphatic imine (C=N–C) groups is 1. The molecule has 0 fully saturated rings. The normalized spacial score (nSPS) is 10.8. The molecule has 2 N–H and O–H groups in total. The lowest BCUT2D eigenvalue weighted by Crippen LogP contribution is -2.08. The number of nitrogens with zero attached hydrogens (tertiary/aromatic N) is 1. The second-order valence-electron chi connectivity index (χ2n) is 5.85. The molecular weight excluding hydrogens is 358 g/mol. The fourth-order valence-electron chi connectivity index (χ4n) is 2.43. The molecule has 0 bridgehead atoms. The summed E-state index contributed by atoms with van der Waals surface area (Å²) in [6.07, 6.45) is 1.46. The lowest BCUT2D eigenvalue weighted by molar-refractivity contribution is 0.0734. The number of phenols is 2. The molecule has 0 heterocycles. The molecule has 0 spiro atoms. The largest absolute Gasteiger partial charge is 0.508 e. The molecule has 142 valence electrons. The lowest BCUT2D eigenvalue weighted by Gasteiger charge is -2.07. The van der Waals surface area contributed by atoms with E-state index in [0.29, 0.717) is 29.2 Å². The van der Waals surface area contributed by atoms with Crippen LogP contribution < -0.4 is 9.47 Å². The van der Waals surface area contributed by atoms with Crippen molar-refractivity contribution in [3.63, 3.8) is 0 Å². The fourth-order valence-corrected chi connectivity index (χ4v) is 2.43. The summed E-state index contributed by atoms with van der Waals surface area (Å²) in [5, 5.41) is 19.6. The maximum Gasteiger partial charge on any atom is 0.343 e. The Labute approximate surface area is 162 Å². The molecule has 0 radical (unpaired) electrons. The molecule has 0 saturated carbocycles. The molecule has 0 aliphatic rings. The molecule has 0 aliphatic heterocycles. The molecule has 0 saturated heterocycles. The van der Waals surface area contributed by atoms with Gasteiger partial charge in [-0.2, -0.15) is 0 Å². The molecular formula is C22H19NO5. The van der Waals surface area contributed by atoms with Crippen LogP contribution in [-0.2, 0) is 0 Å². The standard InChI is InChI=1S/C22H19NO5/c1-2-27-19-9-6-15(7-10-19)22(26)28-20-11-8-16(21(25)13-20)14-23-17-4-3-5-18(24)12-17/h3-14,24-25H,2H2,1H3. The van der Waals surface area contributed by atoms with E-state index in [1.165, 1.54) is 18.3 Å². The summed E-state index contributed by atoms with van der Waals surface area (Å²) in [4.78, 5) is 16.4. The van der Waals surface area contributed by atoms with Gasteiger partial charge in [0.1, 0.15) is 23.0 Å². The van der Waals surface area contributed by atoms with Gasteiger partial charge in [-0.05, 0) is 55.5 Å². The van der Waals surface area contributed by atoms with E-state index in [1.54, 1.807) is 54.6 Å². The van der Waals surface area contributed by atoms with Crippen molar-refractivity contribution in [1.29, 1.82) is 0 Å². The Kier molecular flexibility index (Phi) is 5.91. The van der Waals surface area contributed by atoms with Crippen molar-refractivity contribution in [1.82, 2.24) is 0 Å². The third-order valence-corrected chi connectivity index (χ3v) is 3.80. The van der Waals surface area contributed by atoms with Crippen LogP contribution in [0.15, 0.2) is 71.7 Å². The van der Waals surface area contributed by atoms with Crippen molar-refractivity contribution in [2.45, 2.75) is 6.92 Å². The molecule has 3 rings (SSSR count). The van der Waals surface area contributed by atoms with Crippen LogP contribution in [0.1, 0.15) is 22.8 Å². The second-order valence-corrected chi connectivity index (χ2v) is 5.85. The molecule has 0 aliphatic carbocycles. The predicted molar refractivity (Wildman–Crippen MR) is 106 cm³/mol. The van der Waals surface area contributed by atoms with E-state index in [4.69, 9.17) is 9.47 Å². The van der Waals surface area contributed by atoms with Crippen molar-refractivity contribution >= 4 is 17.9 Å². The molecule has 0 atom stereocenters. The van der Waals surface area contributed by atoms with E-state index in [9.17, 15) is 15.0 Å². The second kappa shape index (κ2) is 8.73.